The van der Waals surface area contributed by atoms with Crippen LogP contribution in [-0.4, -0.2) is 39.8 Å². The first-order valence-corrected chi connectivity index (χ1v) is 9.45. The first-order valence-electron chi connectivity index (χ1n) is 8.47. The number of fused-ring (bicyclic) bond motifs is 1. The van der Waals surface area contributed by atoms with Crippen molar-refractivity contribution < 1.29 is 9.59 Å². The van der Waals surface area contributed by atoms with Gasteiger partial charge in [0, 0.05) is 12.8 Å². The van der Waals surface area contributed by atoms with Gasteiger partial charge in [-0.05, 0) is 30.2 Å². The van der Waals surface area contributed by atoms with Crippen molar-refractivity contribution >= 4 is 34.4 Å². The number of hydrogen-bond donors (Lipinski definition) is 0. The van der Waals surface area contributed by atoms with Crippen molar-refractivity contribution in [2.75, 3.05) is 12.8 Å². The highest BCUT2D eigenvalue weighted by Gasteiger charge is 2.39. The molecular weight excluding hydrogens is 346 g/mol. The molecule has 1 heterocycles. The molecule has 5 nitrogen and oxygen atoms in total. The van der Waals surface area contributed by atoms with E-state index in [1.165, 1.54) is 16.8 Å². The van der Waals surface area contributed by atoms with Crippen molar-refractivity contribution in [2.45, 2.75) is 13.8 Å². The molecule has 0 unspecified atom stereocenters. The molecule has 26 heavy (non-hydrogen) atoms. The van der Waals surface area contributed by atoms with Gasteiger partial charge in [0.05, 0.1) is 16.8 Å². The van der Waals surface area contributed by atoms with E-state index in [-0.39, 0.29) is 11.8 Å². The predicted molar refractivity (Wildman–Crippen MR) is 106 cm³/mol. The Morgan fingerprint density at radius 1 is 1.00 bits per heavy atom. The molecular formula is C20H21N3O2S. The minimum absolute atomic E-state index is 0.320. The van der Waals surface area contributed by atoms with Gasteiger partial charge in [-0.25, -0.2) is 4.99 Å². The van der Waals surface area contributed by atoms with Crippen LogP contribution in [0.15, 0.2) is 59.6 Å². The van der Waals surface area contributed by atoms with Crippen molar-refractivity contribution in [3.05, 3.63) is 65.7 Å². The number of nitrogens with zero attached hydrogens (tertiary/aromatic N) is 3. The lowest BCUT2D eigenvalue weighted by atomic mass is 10.1. The van der Waals surface area contributed by atoms with Crippen LogP contribution in [0.5, 0.6) is 0 Å². The van der Waals surface area contributed by atoms with Crippen LogP contribution in [0, 0.1) is 5.92 Å². The van der Waals surface area contributed by atoms with E-state index in [1.54, 1.807) is 36.3 Å². The lowest BCUT2D eigenvalue weighted by Crippen LogP contribution is -2.46. The van der Waals surface area contributed by atoms with Crippen LogP contribution < -0.4 is 0 Å². The van der Waals surface area contributed by atoms with Gasteiger partial charge in [-0.15, -0.1) is 0 Å². The van der Waals surface area contributed by atoms with Gasteiger partial charge < -0.3 is 0 Å². The first kappa shape index (κ1) is 18.2. The SMILES string of the molecule is CC(C)CSC(=Nc1ccccc1)N(C)N1C(=O)c2ccccc2C1=O. The molecule has 0 spiro atoms. The summed E-state index contributed by atoms with van der Waals surface area (Å²) in [5.74, 6) is 0.647. The molecule has 0 bridgehead atoms. The van der Waals surface area contributed by atoms with E-state index in [1.807, 2.05) is 30.3 Å². The van der Waals surface area contributed by atoms with Crippen LogP contribution in [0.2, 0.25) is 0 Å². The second-order valence-corrected chi connectivity index (χ2v) is 7.41. The van der Waals surface area contributed by atoms with Gasteiger partial charge in [0.15, 0.2) is 5.17 Å². The molecule has 2 amide bonds. The number of thioether (sulfide) groups is 1. The summed E-state index contributed by atoms with van der Waals surface area (Å²) in [6, 6.07) is 16.4. The molecule has 1 aliphatic heterocycles. The maximum absolute atomic E-state index is 12.7. The van der Waals surface area contributed by atoms with Crippen LogP contribution in [0.3, 0.4) is 0 Å². The van der Waals surface area contributed by atoms with Crippen molar-refractivity contribution in [1.29, 1.82) is 0 Å². The topological polar surface area (TPSA) is 53.0 Å². The summed E-state index contributed by atoms with van der Waals surface area (Å²) in [4.78, 5) is 30.2. The minimum atomic E-state index is -0.320. The number of amidine groups is 1. The van der Waals surface area contributed by atoms with Gasteiger partial charge in [0.2, 0.25) is 0 Å². The maximum atomic E-state index is 12.7. The second-order valence-electron chi connectivity index (χ2n) is 6.43. The normalized spacial score (nSPS) is 14.2. The van der Waals surface area contributed by atoms with Crippen molar-refractivity contribution in [3.63, 3.8) is 0 Å². The third-order valence-electron chi connectivity index (χ3n) is 3.88. The fourth-order valence-corrected chi connectivity index (χ4v) is 3.51. The van der Waals surface area contributed by atoms with E-state index in [0.29, 0.717) is 22.2 Å². The molecule has 1 aliphatic rings. The number of rotatable bonds is 4. The summed E-state index contributed by atoms with van der Waals surface area (Å²) < 4.78 is 0. The maximum Gasteiger partial charge on any atom is 0.280 e. The van der Waals surface area contributed by atoms with Crippen LogP contribution in [-0.2, 0) is 0 Å². The van der Waals surface area contributed by atoms with Crippen molar-refractivity contribution in [3.8, 4) is 0 Å². The third-order valence-corrected chi connectivity index (χ3v) is 5.32. The number of hydrazine groups is 1. The zero-order chi connectivity index (χ0) is 18.7. The smallest absolute Gasteiger partial charge is 0.267 e. The zero-order valence-electron chi connectivity index (χ0n) is 15.0. The molecule has 134 valence electrons. The number of carbonyl (C=O) groups is 2. The minimum Gasteiger partial charge on any atom is -0.267 e. The fraction of sp³-hybridized carbons (Fsp3) is 0.250. The monoisotopic (exact) mass is 367 g/mol. The van der Waals surface area contributed by atoms with E-state index in [9.17, 15) is 9.59 Å². The number of aliphatic imine (C=N–C) groups is 1. The number of amides is 2. The number of hydrogen-bond acceptors (Lipinski definition) is 4. The van der Waals surface area contributed by atoms with Gasteiger partial charge in [-0.1, -0.05) is 55.9 Å². The van der Waals surface area contributed by atoms with Crippen LogP contribution in [0.25, 0.3) is 0 Å². The summed E-state index contributed by atoms with van der Waals surface area (Å²) in [6.45, 7) is 4.24. The number of para-hydroxylation sites is 1. The van der Waals surface area contributed by atoms with E-state index >= 15 is 0 Å². The summed E-state index contributed by atoms with van der Waals surface area (Å²) in [7, 11) is 1.71. The molecule has 0 aliphatic carbocycles. The Kier molecular flexibility index (Phi) is 5.42. The van der Waals surface area contributed by atoms with E-state index in [4.69, 9.17) is 0 Å². The van der Waals surface area contributed by atoms with Crippen LogP contribution in [0.4, 0.5) is 5.69 Å². The Morgan fingerprint density at radius 2 is 1.54 bits per heavy atom. The predicted octanol–water partition coefficient (Wildman–Crippen LogP) is 4.21. The first-order chi connectivity index (χ1) is 12.5. The molecule has 3 rings (SSSR count). The van der Waals surface area contributed by atoms with Gasteiger partial charge >= 0.3 is 0 Å². The van der Waals surface area contributed by atoms with Gasteiger partial charge in [-0.2, -0.15) is 5.01 Å². The highest BCUT2D eigenvalue weighted by atomic mass is 32.2. The number of benzene rings is 2. The Morgan fingerprint density at radius 3 is 2.08 bits per heavy atom. The molecule has 0 saturated carbocycles. The molecule has 6 heteroatoms. The second kappa shape index (κ2) is 7.74. The number of carbonyl (C=O) groups excluding carboxylic acids is 2. The summed E-state index contributed by atoms with van der Waals surface area (Å²) in [5, 5.41) is 3.34. The average Bonchev–Trinajstić information content (AvgIpc) is 2.90. The molecule has 0 aromatic heterocycles. The highest BCUT2D eigenvalue weighted by Crippen LogP contribution is 2.27. The van der Waals surface area contributed by atoms with Crippen LogP contribution >= 0.6 is 11.8 Å². The largest absolute Gasteiger partial charge is 0.280 e. The Labute approximate surface area is 157 Å². The lowest BCUT2D eigenvalue weighted by molar-refractivity contribution is 0.0369. The molecule has 0 fully saturated rings. The summed E-state index contributed by atoms with van der Waals surface area (Å²) >= 11 is 1.53. The molecule has 0 N–H and O–H groups in total. The van der Waals surface area contributed by atoms with E-state index < -0.39 is 0 Å². The summed E-state index contributed by atoms with van der Waals surface area (Å²) in [5.41, 5.74) is 1.64. The Balaban J connectivity index is 1.93. The van der Waals surface area contributed by atoms with Gasteiger partial charge in [-0.3, -0.25) is 14.6 Å². The van der Waals surface area contributed by atoms with Crippen molar-refractivity contribution in [2.24, 2.45) is 10.9 Å². The number of imide groups is 1. The molecule has 2 aromatic carbocycles. The van der Waals surface area contributed by atoms with Gasteiger partial charge in [0.1, 0.15) is 0 Å². The lowest BCUT2D eigenvalue weighted by Gasteiger charge is -2.28. The quantitative estimate of drug-likeness (QED) is 0.461. The summed E-state index contributed by atoms with van der Waals surface area (Å²) in [6.07, 6.45) is 0. The Bertz CT molecular complexity index is 814. The zero-order valence-corrected chi connectivity index (χ0v) is 15.9. The van der Waals surface area contributed by atoms with Gasteiger partial charge in [0.25, 0.3) is 11.8 Å². The van der Waals surface area contributed by atoms with Crippen molar-refractivity contribution in [1.82, 2.24) is 10.0 Å². The third kappa shape index (κ3) is 3.65. The average molecular weight is 367 g/mol. The highest BCUT2D eigenvalue weighted by molar-refractivity contribution is 8.13. The van der Waals surface area contributed by atoms with E-state index in [0.717, 1.165) is 11.4 Å². The van der Waals surface area contributed by atoms with Crippen LogP contribution in [0.1, 0.15) is 34.6 Å². The standard InChI is InChI=1S/C20H21N3O2S/c1-14(2)13-26-20(21-15-9-5-4-6-10-15)22(3)23-18(24)16-11-7-8-12-17(16)19(23)25/h4-12,14H,13H2,1-3H3. The molecule has 2 aromatic rings. The molecule has 0 radical (unpaired) electrons. The fourth-order valence-electron chi connectivity index (χ4n) is 2.59. The molecule has 0 saturated heterocycles. The molecule has 0 atom stereocenters. The Hall–Kier alpha value is -2.60. The van der Waals surface area contributed by atoms with E-state index in [2.05, 4.69) is 18.8 Å².